The van der Waals surface area contributed by atoms with E-state index in [0.29, 0.717) is 44.2 Å². The molecule has 2 unspecified atom stereocenters. The molecule has 0 radical (unpaired) electrons. The third kappa shape index (κ3) is 6.21. The van der Waals surface area contributed by atoms with E-state index in [4.69, 9.17) is 0 Å². The number of halogens is 1. The van der Waals surface area contributed by atoms with Gasteiger partial charge < -0.3 is 15.1 Å². The van der Waals surface area contributed by atoms with Crippen molar-refractivity contribution < 1.29 is 18.8 Å². The maximum absolute atomic E-state index is 14.5. The summed E-state index contributed by atoms with van der Waals surface area (Å²) in [6.45, 7) is 9.65. The predicted octanol–water partition coefficient (Wildman–Crippen LogP) is 3.55. The molecule has 2 heterocycles. The monoisotopic (exact) mass is 486 g/mol. The minimum Gasteiger partial charge on any atom is -0.343 e. The lowest BCUT2D eigenvalue weighted by Gasteiger charge is -2.41. The second kappa shape index (κ2) is 11.1. The molecular weight excluding hydrogens is 447 g/mol. The largest absolute Gasteiger partial charge is 0.343 e. The van der Waals surface area contributed by atoms with E-state index >= 15 is 0 Å². The molecule has 1 aromatic rings. The van der Waals surface area contributed by atoms with E-state index < -0.39 is 0 Å². The first-order valence-corrected chi connectivity index (χ1v) is 13.1. The smallest absolute Gasteiger partial charge is 0.226 e. The summed E-state index contributed by atoms with van der Waals surface area (Å²) >= 11 is 0. The number of nitrogens with zero attached hydrogens (tertiary/aromatic N) is 3. The molecule has 0 bridgehead atoms. The second-order valence-corrected chi connectivity index (χ2v) is 10.7. The van der Waals surface area contributed by atoms with Crippen LogP contribution < -0.4 is 5.32 Å². The Morgan fingerprint density at radius 1 is 1.06 bits per heavy atom. The molecule has 7 nitrogen and oxygen atoms in total. The van der Waals surface area contributed by atoms with Crippen molar-refractivity contribution in [3.05, 3.63) is 29.1 Å². The number of amides is 3. The topological polar surface area (TPSA) is 73.0 Å². The van der Waals surface area contributed by atoms with Crippen LogP contribution in [0.25, 0.3) is 0 Å². The van der Waals surface area contributed by atoms with Gasteiger partial charge >= 0.3 is 0 Å². The summed E-state index contributed by atoms with van der Waals surface area (Å²) < 4.78 is 14.5. The second-order valence-electron chi connectivity index (χ2n) is 10.7. The molecule has 8 heteroatoms. The summed E-state index contributed by atoms with van der Waals surface area (Å²) in [6, 6.07) is 3.06. The maximum atomic E-state index is 14.5. The van der Waals surface area contributed by atoms with Gasteiger partial charge in [-0.1, -0.05) is 12.8 Å². The number of anilines is 1. The molecule has 3 aliphatic rings. The van der Waals surface area contributed by atoms with Gasteiger partial charge in [-0.3, -0.25) is 19.3 Å². The molecule has 2 saturated heterocycles. The number of nitrogens with one attached hydrogen (secondary N) is 1. The number of benzene rings is 1. The highest BCUT2D eigenvalue weighted by Crippen LogP contribution is 2.29. The van der Waals surface area contributed by atoms with Crippen LogP contribution in [0.4, 0.5) is 10.1 Å². The van der Waals surface area contributed by atoms with E-state index in [1.807, 2.05) is 11.8 Å². The number of likely N-dealkylation sites (tertiary alicyclic amines) is 1. The van der Waals surface area contributed by atoms with Crippen molar-refractivity contribution in [3.63, 3.8) is 0 Å². The van der Waals surface area contributed by atoms with E-state index in [-0.39, 0.29) is 35.5 Å². The highest BCUT2D eigenvalue weighted by molar-refractivity contribution is 5.92. The average molecular weight is 487 g/mol. The lowest BCUT2D eigenvalue weighted by atomic mass is 10.0. The van der Waals surface area contributed by atoms with E-state index in [9.17, 15) is 18.8 Å². The van der Waals surface area contributed by atoms with Crippen LogP contribution in [0.5, 0.6) is 0 Å². The van der Waals surface area contributed by atoms with E-state index in [1.165, 1.54) is 6.07 Å². The number of carbonyl (C=O) groups is 3. The SMILES string of the molecule is CC(=O)N1CCC(CC(=O)Nc2cc(F)cc(CN3CCN(C(=O)C4CCCC4)C(C)C3)c2C)C1. The van der Waals surface area contributed by atoms with E-state index in [1.54, 1.807) is 17.9 Å². The average Bonchev–Trinajstić information content (AvgIpc) is 3.49. The van der Waals surface area contributed by atoms with Gasteiger partial charge in [0.15, 0.2) is 0 Å². The first kappa shape index (κ1) is 25.6. The van der Waals surface area contributed by atoms with Gasteiger partial charge in [-0.2, -0.15) is 0 Å². The predicted molar refractivity (Wildman–Crippen MR) is 133 cm³/mol. The third-order valence-electron chi connectivity index (χ3n) is 8.05. The summed E-state index contributed by atoms with van der Waals surface area (Å²) in [5.41, 5.74) is 2.23. The summed E-state index contributed by atoms with van der Waals surface area (Å²) in [5, 5.41) is 2.91. The molecule has 0 spiro atoms. The Morgan fingerprint density at radius 3 is 2.46 bits per heavy atom. The molecule has 1 N–H and O–H groups in total. The summed E-state index contributed by atoms with van der Waals surface area (Å²) in [6.07, 6.45) is 5.47. The molecule has 35 heavy (non-hydrogen) atoms. The van der Waals surface area contributed by atoms with Gasteiger partial charge in [0.25, 0.3) is 0 Å². The summed E-state index contributed by atoms with van der Waals surface area (Å²) in [4.78, 5) is 43.2. The van der Waals surface area contributed by atoms with Crippen molar-refractivity contribution in [1.29, 1.82) is 0 Å². The van der Waals surface area contributed by atoms with Crippen molar-refractivity contribution in [3.8, 4) is 0 Å². The van der Waals surface area contributed by atoms with Gasteiger partial charge in [0.1, 0.15) is 5.82 Å². The molecule has 3 amide bonds. The first-order chi connectivity index (χ1) is 16.7. The van der Waals surface area contributed by atoms with Crippen LogP contribution >= 0.6 is 0 Å². The number of hydrogen-bond donors (Lipinski definition) is 1. The van der Waals surface area contributed by atoms with Crippen LogP contribution in [0.1, 0.15) is 63.5 Å². The Labute approximate surface area is 208 Å². The number of piperazine rings is 1. The zero-order chi connectivity index (χ0) is 25.1. The van der Waals surface area contributed by atoms with Crippen molar-refractivity contribution in [2.45, 2.75) is 71.9 Å². The Balaban J connectivity index is 1.34. The molecule has 4 rings (SSSR count). The van der Waals surface area contributed by atoms with Gasteiger partial charge in [-0.25, -0.2) is 4.39 Å². The van der Waals surface area contributed by atoms with Crippen LogP contribution in [0.15, 0.2) is 12.1 Å². The fourth-order valence-corrected chi connectivity index (χ4v) is 5.93. The van der Waals surface area contributed by atoms with Gasteiger partial charge in [0, 0.05) is 70.3 Å². The Kier molecular flexibility index (Phi) is 8.09. The highest BCUT2D eigenvalue weighted by Gasteiger charge is 2.33. The zero-order valence-corrected chi connectivity index (χ0v) is 21.3. The fraction of sp³-hybridized carbons (Fsp3) is 0.667. The van der Waals surface area contributed by atoms with Crippen molar-refractivity contribution in [2.75, 3.05) is 38.0 Å². The van der Waals surface area contributed by atoms with Gasteiger partial charge in [0.05, 0.1) is 0 Å². The van der Waals surface area contributed by atoms with Gasteiger partial charge in [0.2, 0.25) is 17.7 Å². The lowest BCUT2D eigenvalue weighted by molar-refractivity contribution is -0.140. The Bertz CT molecular complexity index is 962. The molecule has 3 fully saturated rings. The minimum absolute atomic E-state index is 0.0385. The lowest BCUT2D eigenvalue weighted by Crippen LogP contribution is -2.54. The fourth-order valence-electron chi connectivity index (χ4n) is 5.93. The van der Waals surface area contributed by atoms with E-state index in [0.717, 1.165) is 56.3 Å². The molecule has 2 atom stereocenters. The van der Waals surface area contributed by atoms with Crippen LogP contribution in [0.2, 0.25) is 0 Å². The number of hydrogen-bond acceptors (Lipinski definition) is 4. The number of rotatable bonds is 6. The van der Waals surface area contributed by atoms with Crippen molar-refractivity contribution >= 4 is 23.4 Å². The van der Waals surface area contributed by atoms with Crippen LogP contribution in [-0.4, -0.2) is 71.2 Å². The molecule has 0 aromatic heterocycles. The third-order valence-corrected chi connectivity index (χ3v) is 8.05. The van der Waals surface area contributed by atoms with Crippen molar-refractivity contribution in [2.24, 2.45) is 11.8 Å². The minimum atomic E-state index is -0.368. The standard InChI is InChI=1S/C27H39FN4O3/c1-18-15-30(10-11-32(18)27(35)22-6-4-5-7-22)17-23-13-24(28)14-25(19(23)2)29-26(34)12-21-8-9-31(16-21)20(3)33/h13-14,18,21-22H,4-12,15-17H2,1-3H3,(H,29,34). The summed E-state index contributed by atoms with van der Waals surface area (Å²) in [5.74, 6) is 0.152. The highest BCUT2D eigenvalue weighted by atomic mass is 19.1. The molecular formula is C27H39FN4O3. The van der Waals surface area contributed by atoms with Gasteiger partial charge in [-0.05, 0) is 62.3 Å². The van der Waals surface area contributed by atoms with Crippen molar-refractivity contribution in [1.82, 2.24) is 14.7 Å². The van der Waals surface area contributed by atoms with Crippen LogP contribution in [0, 0.1) is 24.6 Å². The zero-order valence-electron chi connectivity index (χ0n) is 21.3. The van der Waals surface area contributed by atoms with Crippen LogP contribution in [0.3, 0.4) is 0 Å². The molecule has 1 aliphatic carbocycles. The molecule has 2 aliphatic heterocycles. The van der Waals surface area contributed by atoms with Crippen LogP contribution in [-0.2, 0) is 20.9 Å². The Morgan fingerprint density at radius 2 is 1.80 bits per heavy atom. The summed E-state index contributed by atoms with van der Waals surface area (Å²) in [7, 11) is 0. The van der Waals surface area contributed by atoms with Gasteiger partial charge in [-0.15, -0.1) is 0 Å². The number of carbonyl (C=O) groups excluding carboxylic acids is 3. The Hall–Kier alpha value is -2.48. The van der Waals surface area contributed by atoms with E-state index in [2.05, 4.69) is 17.1 Å². The molecule has 1 saturated carbocycles. The molecule has 192 valence electrons. The maximum Gasteiger partial charge on any atom is 0.226 e. The quantitative estimate of drug-likeness (QED) is 0.668. The normalized spacial score (nSPS) is 23.7. The molecule has 1 aromatic carbocycles. The first-order valence-electron chi connectivity index (χ1n) is 13.1.